The maximum absolute atomic E-state index is 12.4. The summed E-state index contributed by atoms with van der Waals surface area (Å²) in [5, 5.41) is 20.4. The molecule has 2 aromatic rings. The fourth-order valence-electron chi connectivity index (χ4n) is 4.98. The van der Waals surface area contributed by atoms with E-state index in [1.54, 1.807) is 24.3 Å². The molecule has 0 bridgehead atoms. The highest BCUT2D eigenvalue weighted by atomic mass is 32.2. The fourth-order valence-corrected chi connectivity index (χ4v) is 7.00. The van der Waals surface area contributed by atoms with E-state index in [0.717, 1.165) is 50.7 Å². The second kappa shape index (κ2) is 15.8. The lowest BCUT2D eigenvalue weighted by Crippen LogP contribution is -2.36. The second-order valence-electron chi connectivity index (χ2n) is 10.6. The van der Waals surface area contributed by atoms with Gasteiger partial charge in [0.15, 0.2) is 0 Å². The number of rotatable bonds is 16. The number of nitrogens with one attached hydrogen (secondary N) is 4. The molecule has 2 saturated heterocycles. The summed E-state index contributed by atoms with van der Waals surface area (Å²) in [6.07, 6.45) is 7.03. The van der Waals surface area contributed by atoms with Crippen LogP contribution in [0.25, 0.3) is 0 Å². The molecule has 2 aromatic carbocycles. The van der Waals surface area contributed by atoms with Crippen molar-refractivity contribution in [3.05, 3.63) is 54.1 Å². The largest absolute Gasteiger partial charge is 0.356 e. The number of urea groups is 1. The highest BCUT2D eigenvalue weighted by molar-refractivity contribution is 8.00. The maximum atomic E-state index is 12.4. The van der Waals surface area contributed by atoms with Gasteiger partial charge in [-0.05, 0) is 74.2 Å². The first-order valence-electron chi connectivity index (χ1n) is 14.5. The van der Waals surface area contributed by atoms with E-state index in [2.05, 4.69) is 31.5 Å². The fraction of sp³-hybridized carbons (Fsp3) is 0.483. The predicted octanol–water partition coefficient (Wildman–Crippen LogP) is 4.48. The van der Waals surface area contributed by atoms with Gasteiger partial charge in [0, 0.05) is 36.1 Å². The molecule has 232 valence electrons. The molecule has 0 saturated carbocycles. The number of thioether (sulfide) groups is 1. The van der Waals surface area contributed by atoms with Gasteiger partial charge >= 0.3 is 6.03 Å². The molecule has 4 rings (SSSR count). The van der Waals surface area contributed by atoms with Crippen molar-refractivity contribution in [3.63, 3.8) is 0 Å². The van der Waals surface area contributed by atoms with Crippen LogP contribution in [-0.4, -0.2) is 67.0 Å². The van der Waals surface area contributed by atoms with Crippen LogP contribution < -0.4 is 21.3 Å². The summed E-state index contributed by atoms with van der Waals surface area (Å²) in [6.45, 7) is 1.22. The summed E-state index contributed by atoms with van der Waals surface area (Å²) in [7, 11) is -4.26. The van der Waals surface area contributed by atoms with E-state index < -0.39 is 10.1 Å². The van der Waals surface area contributed by atoms with E-state index in [1.807, 2.05) is 11.8 Å². The lowest BCUT2D eigenvalue weighted by Gasteiger charge is -2.16. The van der Waals surface area contributed by atoms with Gasteiger partial charge < -0.3 is 21.3 Å². The Morgan fingerprint density at radius 1 is 0.860 bits per heavy atom. The minimum absolute atomic E-state index is 0.0666. The summed E-state index contributed by atoms with van der Waals surface area (Å²) in [5.74, 6) is 0.865. The Balaban J connectivity index is 1.00. The van der Waals surface area contributed by atoms with Gasteiger partial charge in [0.1, 0.15) is 0 Å². The summed E-state index contributed by atoms with van der Waals surface area (Å²) in [4.78, 5) is 35.7. The van der Waals surface area contributed by atoms with Crippen molar-refractivity contribution in [1.29, 1.82) is 0 Å². The Morgan fingerprint density at radius 2 is 1.49 bits per heavy atom. The average molecular weight is 631 g/mol. The molecule has 3 unspecified atom stereocenters. The molecule has 43 heavy (non-hydrogen) atoms. The third kappa shape index (κ3) is 10.3. The lowest BCUT2D eigenvalue weighted by molar-refractivity contribution is -0.121. The van der Waals surface area contributed by atoms with Gasteiger partial charge in [0.2, 0.25) is 5.91 Å². The molecule has 2 aliphatic heterocycles. The van der Waals surface area contributed by atoms with Gasteiger partial charge in [-0.25, -0.2) is 4.79 Å². The lowest BCUT2D eigenvalue weighted by atomic mass is 10.0. The smallest absolute Gasteiger partial charge is 0.315 e. The van der Waals surface area contributed by atoms with E-state index in [-0.39, 0.29) is 34.8 Å². The summed E-state index contributed by atoms with van der Waals surface area (Å²) in [6, 6.07) is 12.4. The zero-order chi connectivity index (χ0) is 30.7. The topological polar surface area (TPSA) is 178 Å². The molecular weight excluding hydrogens is 592 g/mol. The van der Waals surface area contributed by atoms with Gasteiger partial charge in [-0.15, -0.1) is 0 Å². The highest BCUT2D eigenvalue weighted by Crippen LogP contribution is 2.33. The number of fused-ring (bicyclic) bond motifs is 1. The first-order chi connectivity index (χ1) is 20.7. The number of nitrogens with zero attached hydrogens (tertiary/aromatic N) is 2. The van der Waals surface area contributed by atoms with Crippen LogP contribution in [0.3, 0.4) is 0 Å². The van der Waals surface area contributed by atoms with Crippen molar-refractivity contribution < 1.29 is 27.4 Å². The molecule has 0 aromatic heterocycles. The van der Waals surface area contributed by atoms with Crippen molar-refractivity contribution >= 4 is 51.1 Å². The normalized spacial score (nSPS) is 19.6. The third-order valence-corrected chi connectivity index (χ3v) is 9.71. The Bertz CT molecular complexity index is 1390. The van der Waals surface area contributed by atoms with Crippen LogP contribution in [0.1, 0.15) is 61.7 Å². The number of azo groups is 1. The molecule has 12 nitrogen and oxygen atoms in total. The van der Waals surface area contributed by atoms with Crippen LogP contribution in [0.15, 0.2) is 63.7 Å². The molecule has 3 atom stereocenters. The SMILES string of the molecule is O=C(CCCCC1SCC2NC(=O)NC21)NCCCCCCNC(=O)c1ccc(N=Nc2ccc(S(=O)(=O)O)cc2)cc1. The molecule has 2 fully saturated rings. The van der Waals surface area contributed by atoms with E-state index in [0.29, 0.717) is 41.7 Å². The van der Waals surface area contributed by atoms with Crippen molar-refractivity contribution in [2.75, 3.05) is 18.8 Å². The minimum Gasteiger partial charge on any atom is -0.356 e. The van der Waals surface area contributed by atoms with Gasteiger partial charge in [0.05, 0.1) is 28.4 Å². The number of hydrogen-bond donors (Lipinski definition) is 5. The monoisotopic (exact) mass is 630 g/mol. The van der Waals surface area contributed by atoms with E-state index in [9.17, 15) is 22.8 Å². The van der Waals surface area contributed by atoms with Crippen LogP contribution >= 0.6 is 11.8 Å². The summed E-state index contributed by atoms with van der Waals surface area (Å²) in [5.41, 5.74) is 1.45. The molecule has 2 heterocycles. The van der Waals surface area contributed by atoms with Crippen molar-refractivity contribution in [2.45, 2.75) is 73.6 Å². The molecule has 0 spiro atoms. The number of amides is 4. The number of benzene rings is 2. The molecular formula is C29H38N6O6S2. The van der Waals surface area contributed by atoms with Crippen molar-refractivity contribution in [1.82, 2.24) is 21.3 Å². The molecule has 2 aliphatic rings. The van der Waals surface area contributed by atoms with Crippen molar-refractivity contribution in [2.24, 2.45) is 10.2 Å². The summed E-state index contributed by atoms with van der Waals surface area (Å²) >= 11 is 1.90. The van der Waals surface area contributed by atoms with Crippen LogP contribution in [0.5, 0.6) is 0 Å². The molecule has 0 aliphatic carbocycles. The van der Waals surface area contributed by atoms with Gasteiger partial charge in [-0.2, -0.15) is 30.4 Å². The van der Waals surface area contributed by atoms with Gasteiger partial charge in [-0.3, -0.25) is 14.1 Å². The highest BCUT2D eigenvalue weighted by Gasteiger charge is 2.42. The van der Waals surface area contributed by atoms with Crippen LogP contribution in [0.4, 0.5) is 16.2 Å². The van der Waals surface area contributed by atoms with Gasteiger partial charge in [-0.1, -0.05) is 19.3 Å². The van der Waals surface area contributed by atoms with Crippen LogP contribution in [0, 0.1) is 0 Å². The van der Waals surface area contributed by atoms with Crippen molar-refractivity contribution in [3.8, 4) is 0 Å². The minimum atomic E-state index is -4.26. The predicted molar refractivity (Wildman–Crippen MR) is 165 cm³/mol. The number of hydrogen-bond acceptors (Lipinski definition) is 8. The molecule has 5 N–H and O–H groups in total. The van der Waals surface area contributed by atoms with E-state index >= 15 is 0 Å². The zero-order valence-electron chi connectivity index (χ0n) is 23.8. The van der Waals surface area contributed by atoms with Crippen LogP contribution in [-0.2, 0) is 14.9 Å². The first-order valence-corrected chi connectivity index (χ1v) is 17.0. The Morgan fingerprint density at radius 3 is 2.14 bits per heavy atom. The Hall–Kier alpha value is -3.49. The molecule has 0 radical (unpaired) electrons. The zero-order valence-corrected chi connectivity index (χ0v) is 25.5. The van der Waals surface area contributed by atoms with Crippen LogP contribution in [0.2, 0.25) is 0 Å². The third-order valence-electron chi connectivity index (χ3n) is 7.34. The molecule has 4 amide bonds. The van der Waals surface area contributed by atoms with E-state index in [4.69, 9.17) is 4.55 Å². The average Bonchev–Trinajstić information content (AvgIpc) is 3.54. The maximum Gasteiger partial charge on any atom is 0.315 e. The Labute approximate surface area is 256 Å². The number of unbranched alkanes of at least 4 members (excludes halogenated alkanes) is 4. The number of carbonyl (C=O) groups excluding carboxylic acids is 3. The standard InChI is InChI=1S/C29H38N6O6S2/c36-26(8-4-3-7-25-27-24(19-42-25)32-29(38)33-27)30-17-5-1-2-6-18-31-28(37)20-9-11-21(12-10-20)34-35-22-13-15-23(16-14-22)43(39,40)41/h9-16,24-25,27H,1-8,17-19H2,(H,30,36)(H,31,37)(H2,32,33,38)(H,39,40,41). The van der Waals surface area contributed by atoms with Gasteiger partial charge in [0.25, 0.3) is 16.0 Å². The summed E-state index contributed by atoms with van der Waals surface area (Å²) < 4.78 is 31.2. The van der Waals surface area contributed by atoms with E-state index in [1.165, 1.54) is 24.3 Å². The molecule has 14 heteroatoms. The Kier molecular flexibility index (Phi) is 11.9. The number of carbonyl (C=O) groups is 3. The quantitative estimate of drug-likeness (QED) is 0.0785. The first kappa shape index (κ1) is 32.4. The second-order valence-corrected chi connectivity index (χ2v) is 13.3.